The zero-order chi connectivity index (χ0) is 16.4. The van der Waals surface area contributed by atoms with E-state index >= 15 is 0 Å². The first-order valence-corrected chi connectivity index (χ1v) is 8.85. The van der Waals surface area contributed by atoms with Gasteiger partial charge < -0.3 is 0 Å². The van der Waals surface area contributed by atoms with Gasteiger partial charge >= 0.3 is 0 Å². The number of benzene rings is 4. The van der Waals surface area contributed by atoms with Gasteiger partial charge in [0, 0.05) is 0 Å². The van der Waals surface area contributed by atoms with E-state index in [1.807, 2.05) is 0 Å². The summed E-state index contributed by atoms with van der Waals surface area (Å²) in [6, 6.07) is 28.9. The summed E-state index contributed by atoms with van der Waals surface area (Å²) in [6.07, 6.45) is 3.69. The second-order valence-corrected chi connectivity index (χ2v) is 6.57. The molecule has 0 aliphatic rings. The molecule has 24 heavy (non-hydrogen) atoms. The summed E-state index contributed by atoms with van der Waals surface area (Å²) >= 11 is 0. The van der Waals surface area contributed by atoms with Crippen molar-refractivity contribution in [2.45, 2.75) is 26.2 Å². The maximum atomic E-state index is 2.36. The van der Waals surface area contributed by atoms with Crippen LogP contribution in [0.25, 0.3) is 32.7 Å². The molecule has 0 aliphatic carbocycles. The zero-order valence-electron chi connectivity index (χ0n) is 14.1. The Morgan fingerprint density at radius 2 is 1.29 bits per heavy atom. The third kappa shape index (κ3) is 2.92. The average Bonchev–Trinajstić information content (AvgIpc) is 2.65. The van der Waals surface area contributed by atoms with Gasteiger partial charge in [-0.3, -0.25) is 0 Å². The van der Waals surface area contributed by atoms with E-state index in [0.29, 0.717) is 0 Å². The minimum Gasteiger partial charge on any atom is -0.0654 e. The molecule has 0 nitrogen and oxygen atoms in total. The maximum absolute atomic E-state index is 2.36. The first-order valence-electron chi connectivity index (χ1n) is 8.85. The number of unbranched alkanes of at least 4 members (excludes halogenated alkanes) is 1. The Labute approximate surface area is 143 Å². The van der Waals surface area contributed by atoms with Crippen LogP contribution in [-0.2, 0) is 6.42 Å². The van der Waals surface area contributed by atoms with Crippen molar-refractivity contribution in [2.24, 2.45) is 0 Å². The Morgan fingerprint density at radius 1 is 0.583 bits per heavy atom. The summed E-state index contributed by atoms with van der Waals surface area (Å²) in [6.45, 7) is 2.25. The summed E-state index contributed by atoms with van der Waals surface area (Å²) in [5.74, 6) is 0. The molecule has 0 aliphatic heterocycles. The molecule has 0 N–H and O–H groups in total. The Balaban J connectivity index is 1.79. The third-order valence-corrected chi connectivity index (χ3v) is 4.79. The lowest BCUT2D eigenvalue weighted by molar-refractivity contribution is 0.796. The van der Waals surface area contributed by atoms with E-state index < -0.39 is 0 Å². The molecule has 0 heterocycles. The molecular formula is C24H22. The van der Waals surface area contributed by atoms with E-state index in [-0.39, 0.29) is 0 Å². The second-order valence-electron chi connectivity index (χ2n) is 6.57. The van der Waals surface area contributed by atoms with Crippen molar-refractivity contribution in [3.63, 3.8) is 0 Å². The highest BCUT2D eigenvalue weighted by Crippen LogP contribution is 2.28. The zero-order valence-corrected chi connectivity index (χ0v) is 14.1. The maximum Gasteiger partial charge on any atom is -0.0171 e. The molecule has 0 amide bonds. The minimum atomic E-state index is 1.18. The molecule has 0 aromatic heterocycles. The van der Waals surface area contributed by atoms with Gasteiger partial charge in [0.15, 0.2) is 0 Å². The van der Waals surface area contributed by atoms with Crippen LogP contribution in [0.2, 0.25) is 0 Å². The van der Waals surface area contributed by atoms with Crippen molar-refractivity contribution in [3.8, 4) is 11.1 Å². The summed E-state index contributed by atoms with van der Waals surface area (Å²) in [5.41, 5.74) is 4.00. The van der Waals surface area contributed by atoms with Crippen LogP contribution >= 0.6 is 0 Å². The molecule has 4 aromatic carbocycles. The quantitative estimate of drug-likeness (QED) is 0.356. The molecule has 0 saturated carbocycles. The van der Waals surface area contributed by atoms with Crippen molar-refractivity contribution >= 4 is 21.5 Å². The Kier molecular flexibility index (Phi) is 4.04. The van der Waals surface area contributed by atoms with Crippen LogP contribution in [0.3, 0.4) is 0 Å². The van der Waals surface area contributed by atoms with Gasteiger partial charge in [0.25, 0.3) is 0 Å². The minimum absolute atomic E-state index is 1.18. The molecule has 0 unspecified atom stereocenters. The predicted octanol–water partition coefficient (Wildman–Crippen LogP) is 7.00. The van der Waals surface area contributed by atoms with Crippen LogP contribution in [0.4, 0.5) is 0 Å². The smallest absolute Gasteiger partial charge is 0.0171 e. The third-order valence-electron chi connectivity index (χ3n) is 4.79. The molecule has 118 valence electrons. The first kappa shape index (κ1) is 15.0. The van der Waals surface area contributed by atoms with Gasteiger partial charge in [0.1, 0.15) is 0 Å². The number of aryl methyl sites for hydroxylation is 1. The molecule has 4 rings (SSSR count). The highest BCUT2D eigenvalue weighted by Gasteiger charge is 2.03. The van der Waals surface area contributed by atoms with E-state index in [1.54, 1.807) is 0 Å². The molecule has 0 heteroatoms. The molecule has 0 bridgehead atoms. The second kappa shape index (κ2) is 6.49. The van der Waals surface area contributed by atoms with Gasteiger partial charge in [-0.2, -0.15) is 0 Å². The van der Waals surface area contributed by atoms with Crippen molar-refractivity contribution in [2.75, 3.05) is 0 Å². The van der Waals surface area contributed by atoms with E-state index in [0.717, 1.165) is 0 Å². The van der Waals surface area contributed by atoms with Crippen LogP contribution in [-0.4, -0.2) is 0 Å². The highest BCUT2D eigenvalue weighted by atomic mass is 14.1. The van der Waals surface area contributed by atoms with Crippen molar-refractivity contribution in [1.29, 1.82) is 0 Å². The largest absolute Gasteiger partial charge is 0.0654 e. The van der Waals surface area contributed by atoms with Gasteiger partial charge in [-0.1, -0.05) is 74.0 Å². The average molecular weight is 310 g/mol. The highest BCUT2D eigenvalue weighted by molar-refractivity contribution is 5.99. The fraction of sp³-hybridized carbons (Fsp3) is 0.167. The Bertz CT molecular complexity index is 981. The van der Waals surface area contributed by atoms with Gasteiger partial charge in [-0.15, -0.1) is 0 Å². The van der Waals surface area contributed by atoms with Crippen molar-refractivity contribution < 1.29 is 0 Å². The summed E-state index contributed by atoms with van der Waals surface area (Å²) in [4.78, 5) is 0. The molecule has 0 atom stereocenters. The van der Waals surface area contributed by atoms with Crippen LogP contribution in [0.1, 0.15) is 25.3 Å². The van der Waals surface area contributed by atoms with Gasteiger partial charge in [0.2, 0.25) is 0 Å². The number of fused-ring (bicyclic) bond motifs is 2. The van der Waals surface area contributed by atoms with Crippen LogP contribution < -0.4 is 0 Å². The summed E-state index contributed by atoms with van der Waals surface area (Å²) < 4.78 is 0. The van der Waals surface area contributed by atoms with E-state index in [1.165, 1.54) is 57.5 Å². The lowest BCUT2D eigenvalue weighted by Gasteiger charge is -2.08. The molecule has 0 spiro atoms. The van der Waals surface area contributed by atoms with Gasteiger partial charge in [-0.05, 0) is 69.3 Å². The molecule has 0 fully saturated rings. The van der Waals surface area contributed by atoms with Crippen LogP contribution in [0.5, 0.6) is 0 Å². The SMILES string of the molecule is CCCCc1ccc2cc3cc(-c4ccccc4)ccc3cc2c1. The summed E-state index contributed by atoms with van der Waals surface area (Å²) in [5, 5.41) is 5.30. The monoisotopic (exact) mass is 310 g/mol. The molecule has 4 aromatic rings. The normalized spacial score (nSPS) is 11.2. The van der Waals surface area contributed by atoms with Crippen molar-refractivity contribution in [1.82, 2.24) is 0 Å². The first-order chi connectivity index (χ1) is 11.8. The lowest BCUT2D eigenvalue weighted by atomic mass is 9.97. The van der Waals surface area contributed by atoms with Crippen LogP contribution in [0.15, 0.2) is 78.9 Å². The Morgan fingerprint density at radius 3 is 2.04 bits per heavy atom. The molecule has 0 saturated heterocycles. The fourth-order valence-electron chi connectivity index (χ4n) is 3.39. The molecule has 0 radical (unpaired) electrons. The van der Waals surface area contributed by atoms with Gasteiger partial charge in [0.05, 0.1) is 0 Å². The Hall–Kier alpha value is -2.60. The van der Waals surface area contributed by atoms with E-state index in [9.17, 15) is 0 Å². The fourth-order valence-corrected chi connectivity index (χ4v) is 3.39. The van der Waals surface area contributed by atoms with Crippen LogP contribution in [0, 0.1) is 0 Å². The van der Waals surface area contributed by atoms with E-state index in [4.69, 9.17) is 0 Å². The topological polar surface area (TPSA) is 0 Å². The number of hydrogen-bond acceptors (Lipinski definition) is 0. The predicted molar refractivity (Wildman–Crippen MR) is 106 cm³/mol. The summed E-state index contributed by atoms with van der Waals surface area (Å²) in [7, 11) is 0. The standard InChI is InChI=1S/C24H22/c1-2-3-7-18-10-11-21-17-24-15-20(19-8-5-4-6-9-19)12-13-22(24)16-23(21)14-18/h4-6,8-17H,2-3,7H2,1H3. The lowest BCUT2D eigenvalue weighted by Crippen LogP contribution is -1.85. The van der Waals surface area contributed by atoms with Crippen molar-refractivity contribution in [3.05, 3.63) is 84.4 Å². The number of hydrogen-bond donors (Lipinski definition) is 0. The molecular weight excluding hydrogens is 288 g/mol. The van der Waals surface area contributed by atoms with Gasteiger partial charge in [-0.25, -0.2) is 0 Å². The van der Waals surface area contributed by atoms with E-state index in [2.05, 4.69) is 85.8 Å². The number of rotatable bonds is 4.